The first-order valence-electron chi connectivity index (χ1n) is 6.58. The van der Waals surface area contributed by atoms with Crippen LogP contribution in [0, 0.1) is 0 Å². The molecule has 0 spiro atoms. The third kappa shape index (κ3) is 4.45. The molecule has 0 bridgehead atoms. The van der Waals surface area contributed by atoms with Crippen LogP contribution in [0.2, 0.25) is 0 Å². The van der Waals surface area contributed by atoms with Gasteiger partial charge in [-0.3, -0.25) is 9.80 Å². The van der Waals surface area contributed by atoms with Crippen molar-refractivity contribution < 1.29 is 0 Å². The molecule has 18 heavy (non-hydrogen) atoms. The van der Waals surface area contributed by atoms with Crippen LogP contribution >= 0.6 is 11.6 Å². The molecule has 0 atom stereocenters. The normalized spacial score (nSPS) is 18.5. The molecule has 1 aromatic carbocycles. The summed E-state index contributed by atoms with van der Waals surface area (Å²) in [7, 11) is 0. The maximum Gasteiger partial charge on any atom is 0.0404 e. The molecule has 0 aliphatic carbocycles. The Hall–Kier alpha value is -0.830. The molecule has 1 aliphatic rings. The third-order valence-corrected chi connectivity index (χ3v) is 3.51. The predicted octanol–water partition coefficient (Wildman–Crippen LogP) is 2.60. The van der Waals surface area contributed by atoms with Gasteiger partial charge in [0.2, 0.25) is 0 Å². The summed E-state index contributed by atoms with van der Waals surface area (Å²) >= 11 is 5.62. The van der Waals surface area contributed by atoms with Crippen molar-refractivity contribution in [2.75, 3.05) is 38.6 Å². The van der Waals surface area contributed by atoms with E-state index < -0.39 is 0 Å². The quantitative estimate of drug-likeness (QED) is 0.596. The molecule has 0 N–H and O–H groups in total. The standard InChI is InChI=1S/C15H21ClN2/c16-8-4-5-9-17-10-12-18(13-11-17)14-15-6-2-1-3-7-15/h1-7H,8-14H2. The van der Waals surface area contributed by atoms with E-state index in [2.05, 4.69) is 46.2 Å². The van der Waals surface area contributed by atoms with E-state index >= 15 is 0 Å². The van der Waals surface area contributed by atoms with Gasteiger partial charge in [-0.25, -0.2) is 0 Å². The molecule has 0 saturated carbocycles. The molecule has 0 aromatic heterocycles. The van der Waals surface area contributed by atoms with E-state index in [1.54, 1.807) is 0 Å². The van der Waals surface area contributed by atoms with Gasteiger partial charge in [0.05, 0.1) is 0 Å². The second-order valence-electron chi connectivity index (χ2n) is 4.69. The van der Waals surface area contributed by atoms with Crippen LogP contribution in [0.15, 0.2) is 42.5 Å². The zero-order valence-electron chi connectivity index (χ0n) is 10.8. The van der Waals surface area contributed by atoms with Crippen molar-refractivity contribution >= 4 is 11.6 Å². The van der Waals surface area contributed by atoms with Crippen LogP contribution in [0.5, 0.6) is 0 Å². The number of piperazine rings is 1. The van der Waals surface area contributed by atoms with Gasteiger partial charge in [-0.1, -0.05) is 42.5 Å². The molecule has 2 nitrogen and oxygen atoms in total. The van der Waals surface area contributed by atoms with Gasteiger partial charge in [0.25, 0.3) is 0 Å². The van der Waals surface area contributed by atoms with Crippen molar-refractivity contribution in [3.05, 3.63) is 48.0 Å². The summed E-state index contributed by atoms with van der Waals surface area (Å²) in [5, 5.41) is 0. The van der Waals surface area contributed by atoms with E-state index in [1.165, 1.54) is 5.56 Å². The highest BCUT2D eigenvalue weighted by molar-refractivity contribution is 6.18. The summed E-state index contributed by atoms with van der Waals surface area (Å²) in [6, 6.07) is 10.7. The fourth-order valence-electron chi connectivity index (χ4n) is 2.26. The summed E-state index contributed by atoms with van der Waals surface area (Å²) in [4.78, 5) is 5.00. The lowest BCUT2D eigenvalue weighted by atomic mass is 10.2. The molecule has 1 fully saturated rings. The van der Waals surface area contributed by atoms with Crippen molar-refractivity contribution in [2.24, 2.45) is 0 Å². The molecular formula is C15H21ClN2. The Morgan fingerprint density at radius 3 is 2.28 bits per heavy atom. The zero-order valence-corrected chi connectivity index (χ0v) is 11.5. The number of benzene rings is 1. The SMILES string of the molecule is ClCC=CCN1CCN(Cc2ccccc2)CC1. The first-order chi connectivity index (χ1) is 8.88. The van der Waals surface area contributed by atoms with Gasteiger partial charge >= 0.3 is 0 Å². The highest BCUT2D eigenvalue weighted by Crippen LogP contribution is 2.08. The Morgan fingerprint density at radius 2 is 1.61 bits per heavy atom. The molecular weight excluding hydrogens is 244 g/mol. The monoisotopic (exact) mass is 264 g/mol. The van der Waals surface area contributed by atoms with Gasteiger partial charge < -0.3 is 0 Å². The lowest BCUT2D eigenvalue weighted by Crippen LogP contribution is -2.45. The highest BCUT2D eigenvalue weighted by Gasteiger charge is 2.15. The van der Waals surface area contributed by atoms with Crippen LogP contribution in [0.1, 0.15) is 5.56 Å². The molecule has 2 rings (SSSR count). The van der Waals surface area contributed by atoms with Gasteiger partial charge in [0.1, 0.15) is 0 Å². The Balaban J connectivity index is 1.72. The summed E-state index contributed by atoms with van der Waals surface area (Å²) < 4.78 is 0. The van der Waals surface area contributed by atoms with Gasteiger partial charge in [-0.2, -0.15) is 0 Å². The molecule has 98 valence electrons. The maximum absolute atomic E-state index is 5.62. The lowest BCUT2D eigenvalue weighted by molar-refractivity contribution is 0.137. The number of rotatable bonds is 5. The van der Waals surface area contributed by atoms with Crippen molar-refractivity contribution in [2.45, 2.75) is 6.54 Å². The lowest BCUT2D eigenvalue weighted by Gasteiger charge is -2.34. The second-order valence-corrected chi connectivity index (χ2v) is 5.00. The summed E-state index contributed by atoms with van der Waals surface area (Å²) in [5.74, 6) is 0.619. The summed E-state index contributed by atoms with van der Waals surface area (Å²) in [6.07, 6.45) is 4.19. The van der Waals surface area contributed by atoms with Crippen LogP contribution in [-0.2, 0) is 6.54 Å². The molecule has 1 heterocycles. The van der Waals surface area contributed by atoms with E-state index in [9.17, 15) is 0 Å². The number of alkyl halides is 1. The maximum atomic E-state index is 5.62. The van der Waals surface area contributed by atoms with E-state index in [0.29, 0.717) is 5.88 Å². The van der Waals surface area contributed by atoms with Crippen LogP contribution in [0.4, 0.5) is 0 Å². The Labute approximate surface area is 115 Å². The summed E-state index contributed by atoms with van der Waals surface area (Å²) in [5.41, 5.74) is 1.41. The third-order valence-electron chi connectivity index (χ3n) is 3.33. The van der Waals surface area contributed by atoms with E-state index in [0.717, 1.165) is 39.3 Å². The van der Waals surface area contributed by atoms with Crippen LogP contribution < -0.4 is 0 Å². The smallest absolute Gasteiger partial charge is 0.0404 e. The Bertz CT molecular complexity index is 356. The van der Waals surface area contributed by atoms with E-state index in [-0.39, 0.29) is 0 Å². The molecule has 1 aromatic rings. The van der Waals surface area contributed by atoms with Crippen molar-refractivity contribution in [3.63, 3.8) is 0 Å². The number of allylic oxidation sites excluding steroid dienone is 1. The fraction of sp³-hybridized carbons (Fsp3) is 0.467. The minimum atomic E-state index is 0.619. The van der Waals surface area contributed by atoms with Crippen molar-refractivity contribution in [1.29, 1.82) is 0 Å². The Kier molecular flexibility index (Phi) is 5.72. The number of nitrogens with zero attached hydrogens (tertiary/aromatic N) is 2. The van der Waals surface area contributed by atoms with Crippen molar-refractivity contribution in [1.82, 2.24) is 9.80 Å². The van der Waals surface area contributed by atoms with Crippen LogP contribution in [0.25, 0.3) is 0 Å². The van der Waals surface area contributed by atoms with Crippen molar-refractivity contribution in [3.8, 4) is 0 Å². The minimum absolute atomic E-state index is 0.619. The van der Waals surface area contributed by atoms with Crippen LogP contribution in [0.3, 0.4) is 0 Å². The largest absolute Gasteiger partial charge is 0.297 e. The summed E-state index contributed by atoms with van der Waals surface area (Å²) in [6.45, 7) is 6.73. The molecule has 1 saturated heterocycles. The highest BCUT2D eigenvalue weighted by atomic mass is 35.5. The number of hydrogen-bond acceptors (Lipinski definition) is 2. The first-order valence-corrected chi connectivity index (χ1v) is 7.11. The van der Waals surface area contributed by atoms with E-state index in [4.69, 9.17) is 11.6 Å². The van der Waals surface area contributed by atoms with Gasteiger partial charge in [-0.15, -0.1) is 11.6 Å². The Morgan fingerprint density at radius 1 is 0.944 bits per heavy atom. The molecule has 3 heteroatoms. The minimum Gasteiger partial charge on any atom is -0.297 e. The molecule has 0 amide bonds. The predicted molar refractivity (Wildman–Crippen MR) is 78.0 cm³/mol. The number of halogens is 1. The topological polar surface area (TPSA) is 6.48 Å². The average molecular weight is 265 g/mol. The average Bonchev–Trinajstić information content (AvgIpc) is 2.42. The van der Waals surface area contributed by atoms with Gasteiger partial charge in [-0.05, 0) is 5.56 Å². The van der Waals surface area contributed by atoms with Gasteiger partial charge in [0, 0.05) is 45.1 Å². The molecule has 1 aliphatic heterocycles. The molecule has 0 unspecified atom stereocenters. The zero-order chi connectivity index (χ0) is 12.6. The second kappa shape index (κ2) is 7.57. The first kappa shape index (κ1) is 13.6. The number of hydrogen-bond donors (Lipinski definition) is 0. The van der Waals surface area contributed by atoms with Crippen LogP contribution in [-0.4, -0.2) is 48.4 Å². The molecule has 0 radical (unpaired) electrons. The fourth-order valence-corrected chi connectivity index (χ4v) is 2.38. The van der Waals surface area contributed by atoms with E-state index in [1.807, 2.05) is 6.08 Å². The van der Waals surface area contributed by atoms with Gasteiger partial charge in [0.15, 0.2) is 0 Å².